The van der Waals surface area contributed by atoms with E-state index in [0.29, 0.717) is 11.8 Å². The fourth-order valence-electron chi connectivity index (χ4n) is 5.00. The number of unbranched alkanes of at least 4 members (excludes halogenated alkanes) is 15. The fourth-order valence-corrected chi connectivity index (χ4v) is 5.00. The summed E-state index contributed by atoms with van der Waals surface area (Å²) in [5.74, 6) is 0. The molecular formula is C28H54N2. The van der Waals surface area contributed by atoms with E-state index in [-0.39, 0.29) is 5.54 Å². The molecule has 1 saturated carbocycles. The third kappa shape index (κ3) is 13.7. The zero-order chi connectivity index (χ0) is 22.0. The van der Waals surface area contributed by atoms with Crippen LogP contribution in [-0.2, 0) is 0 Å². The molecule has 0 spiro atoms. The van der Waals surface area contributed by atoms with E-state index in [1.54, 1.807) is 0 Å². The lowest BCUT2D eigenvalue weighted by molar-refractivity contribution is 0.137. The summed E-state index contributed by atoms with van der Waals surface area (Å²) >= 11 is 0. The first-order valence-corrected chi connectivity index (χ1v) is 13.7. The van der Waals surface area contributed by atoms with Crippen molar-refractivity contribution < 1.29 is 0 Å². The van der Waals surface area contributed by atoms with Crippen molar-refractivity contribution >= 4 is 0 Å². The van der Waals surface area contributed by atoms with Crippen molar-refractivity contribution in [2.24, 2.45) is 5.41 Å². The van der Waals surface area contributed by atoms with Crippen molar-refractivity contribution in [2.75, 3.05) is 6.54 Å². The van der Waals surface area contributed by atoms with Crippen LogP contribution in [0.4, 0.5) is 0 Å². The fraction of sp³-hybridized carbons (Fsp3) is 0.964. The normalized spacial score (nSPS) is 17.7. The van der Waals surface area contributed by atoms with Crippen LogP contribution in [-0.4, -0.2) is 12.1 Å². The van der Waals surface area contributed by atoms with Gasteiger partial charge in [-0.25, -0.2) is 0 Å². The molecule has 176 valence electrons. The molecule has 1 rings (SSSR count). The summed E-state index contributed by atoms with van der Waals surface area (Å²) in [5.41, 5.74) is 0.578. The van der Waals surface area contributed by atoms with Crippen LogP contribution < -0.4 is 5.32 Å². The summed E-state index contributed by atoms with van der Waals surface area (Å²) in [4.78, 5) is 0. The topological polar surface area (TPSA) is 35.8 Å². The summed E-state index contributed by atoms with van der Waals surface area (Å²) < 4.78 is 0. The van der Waals surface area contributed by atoms with E-state index in [0.717, 1.165) is 6.54 Å². The van der Waals surface area contributed by atoms with Gasteiger partial charge in [0.15, 0.2) is 0 Å². The molecule has 0 unspecified atom stereocenters. The molecule has 0 atom stereocenters. The van der Waals surface area contributed by atoms with E-state index in [1.165, 1.54) is 128 Å². The number of nitrogens with one attached hydrogen (secondary N) is 1. The Morgan fingerprint density at radius 2 is 1.03 bits per heavy atom. The summed E-state index contributed by atoms with van der Waals surface area (Å²) in [6.45, 7) is 8.14. The zero-order valence-corrected chi connectivity index (χ0v) is 21.0. The lowest BCUT2D eigenvalue weighted by atomic mass is 9.68. The summed E-state index contributed by atoms with van der Waals surface area (Å²) in [6.07, 6.45) is 28.3. The van der Waals surface area contributed by atoms with Gasteiger partial charge in [0, 0.05) is 5.54 Å². The highest BCUT2D eigenvalue weighted by Crippen LogP contribution is 2.41. The maximum atomic E-state index is 9.27. The molecular weight excluding hydrogens is 364 g/mol. The second-order valence-electron chi connectivity index (χ2n) is 11.0. The third-order valence-corrected chi connectivity index (χ3v) is 7.51. The van der Waals surface area contributed by atoms with Crippen LogP contribution in [0, 0.1) is 16.7 Å². The second kappa shape index (κ2) is 17.1. The highest BCUT2D eigenvalue weighted by Gasteiger charge is 2.37. The van der Waals surface area contributed by atoms with Crippen molar-refractivity contribution in [1.82, 2.24) is 5.32 Å². The Morgan fingerprint density at radius 1 is 0.633 bits per heavy atom. The summed E-state index contributed by atoms with van der Waals surface area (Å²) in [7, 11) is 0. The third-order valence-electron chi connectivity index (χ3n) is 7.51. The quantitative estimate of drug-likeness (QED) is 0.212. The summed E-state index contributed by atoms with van der Waals surface area (Å²) in [6, 6.07) is 2.45. The molecule has 0 heterocycles. The van der Waals surface area contributed by atoms with Crippen molar-refractivity contribution in [3.8, 4) is 6.07 Å². The van der Waals surface area contributed by atoms with Crippen LogP contribution in [0.25, 0.3) is 0 Å². The van der Waals surface area contributed by atoms with Gasteiger partial charge in [0.05, 0.1) is 12.5 Å². The van der Waals surface area contributed by atoms with Gasteiger partial charge in [-0.1, -0.05) is 117 Å². The Hall–Kier alpha value is -0.550. The van der Waals surface area contributed by atoms with Crippen LogP contribution in [0.5, 0.6) is 0 Å². The molecule has 1 aliphatic carbocycles. The molecule has 2 heteroatoms. The van der Waals surface area contributed by atoms with Gasteiger partial charge >= 0.3 is 0 Å². The molecule has 0 amide bonds. The summed E-state index contributed by atoms with van der Waals surface area (Å²) in [5, 5.41) is 13.1. The first-order chi connectivity index (χ1) is 14.5. The first-order valence-electron chi connectivity index (χ1n) is 13.7. The molecule has 1 N–H and O–H groups in total. The predicted molar refractivity (Wildman–Crippen MR) is 133 cm³/mol. The van der Waals surface area contributed by atoms with Gasteiger partial charge in [-0.05, 0) is 44.1 Å². The molecule has 0 aromatic carbocycles. The van der Waals surface area contributed by atoms with Gasteiger partial charge in [0.25, 0.3) is 0 Å². The van der Waals surface area contributed by atoms with E-state index >= 15 is 0 Å². The molecule has 0 aliphatic heterocycles. The molecule has 2 nitrogen and oxygen atoms in total. The zero-order valence-electron chi connectivity index (χ0n) is 21.0. The number of hydrogen-bond donors (Lipinski definition) is 1. The lowest BCUT2D eigenvalue weighted by Crippen LogP contribution is -2.49. The number of hydrogen-bond acceptors (Lipinski definition) is 2. The minimum Gasteiger partial charge on any atom is -0.310 e. The van der Waals surface area contributed by atoms with Crippen LogP contribution in [0.3, 0.4) is 0 Å². The van der Waals surface area contributed by atoms with Gasteiger partial charge in [0.2, 0.25) is 0 Å². The molecule has 0 aromatic rings. The highest BCUT2D eigenvalue weighted by molar-refractivity contribution is 5.00. The van der Waals surface area contributed by atoms with E-state index < -0.39 is 0 Å². The van der Waals surface area contributed by atoms with Gasteiger partial charge in [-0.15, -0.1) is 0 Å². The second-order valence-corrected chi connectivity index (χ2v) is 11.0. The largest absolute Gasteiger partial charge is 0.310 e. The molecule has 1 aliphatic rings. The van der Waals surface area contributed by atoms with Gasteiger partial charge in [-0.3, -0.25) is 0 Å². The van der Waals surface area contributed by atoms with Crippen molar-refractivity contribution in [3.05, 3.63) is 0 Å². The highest BCUT2D eigenvalue weighted by atomic mass is 15.0. The predicted octanol–water partition coefficient (Wildman–Crippen LogP) is 9.09. The number of nitrogens with zero attached hydrogens (tertiary/aromatic N) is 1. The smallest absolute Gasteiger partial charge is 0.0641 e. The molecule has 0 saturated heterocycles. The van der Waals surface area contributed by atoms with E-state index in [9.17, 15) is 5.26 Å². The Morgan fingerprint density at radius 3 is 1.43 bits per heavy atom. The van der Waals surface area contributed by atoms with Crippen molar-refractivity contribution in [1.29, 1.82) is 5.26 Å². The molecule has 0 bridgehead atoms. The SMILES string of the molecule is CCCCCCCCCCCCCCCCCCNC1(CC#N)CCC(C)(C)CC1. The number of rotatable bonds is 19. The maximum absolute atomic E-state index is 9.27. The van der Waals surface area contributed by atoms with Gasteiger partial charge in [-0.2, -0.15) is 5.26 Å². The average molecular weight is 419 g/mol. The minimum absolute atomic E-state index is 0.111. The molecule has 30 heavy (non-hydrogen) atoms. The van der Waals surface area contributed by atoms with Crippen LogP contribution in [0.15, 0.2) is 0 Å². The van der Waals surface area contributed by atoms with Crippen molar-refractivity contribution in [3.63, 3.8) is 0 Å². The van der Waals surface area contributed by atoms with Gasteiger partial charge < -0.3 is 5.32 Å². The first kappa shape index (κ1) is 27.5. The van der Waals surface area contributed by atoms with E-state index in [2.05, 4.69) is 32.2 Å². The standard InChI is InChI=1S/C28H54N2/c1-4-5-6-7-8-9-10-11-12-13-14-15-16-17-18-19-26-30-28(24-25-29)22-20-27(2,3)21-23-28/h30H,4-24,26H2,1-3H3. The molecule has 0 aromatic heterocycles. The molecule has 0 radical (unpaired) electrons. The van der Waals surface area contributed by atoms with E-state index in [1.807, 2.05) is 0 Å². The Bertz CT molecular complexity index is 424. The van der Waals surface area contributed by atoms with Crippen LogP contribution in [0.1, 0.15) is 156 Å². The maximum Gasteiger partial charge on any atom is 0.0641 e. The lowest BCUT2D eigenvalue weighted by Gasteiger charge is -2.43. The average Bonchev–Trinajstić information content (AvgIpc) is 2.73. The Labute approximate surface area is 190 Å². The van der Waals surface area contributed by atoms with Crippen molar-refractivity contribution in [2.45, 2.75) is 161 Å². The Kier molecular flexibility index (Phi) is 15.6. The molecule has 1 fully saturated rings. The minimum atomic E-state index is 0.111. The van der Waals surface area contributed by atoms with Crippen LogP contribution in [0.2, 0.25) is 0 Å². The Balaban J connectivity index is 1.88. The van der Waals surface area contributed by atoms with Crippen LogP contribution >= 0.6 is 0 Å². The van der Waals surface area contributed by atoms with Gasteiger partial charge in [0.1, 0.15) is 0 Å². The van der Waals surface area contributed by atoms with E-state index in [4.69, 9.17) is 0 Å². The number of nitriles is 1. The monoisotopic (exact) mass is 418 g/mol.